The van der Waals surface area contributed by atoms with Crippen LogP contribution in [0.5, 0.6) is 0 Å². The SMILES string of the molecule is CCCN(CCC)S(=O)(=O)c1ccc(C(=O)N=c2sc3cc(C(C)C)ccc3n2CC(=O)OCC)cc1. The van der Waals surface area contributed by atoms with Crippen LogP contribution in [-0.4, -0.2) is 48.9 Å². The number of thiazole rings is 1. The fourth-order valence-electron chi connectivity index (χ4n) is 3.94. The molecule has 3 rings (SSSR count). The second-order valence-corrected chi connectivity index (χ2v) is 12.0. The van der Waals surface area contributed by atoms with E-state index >= 15 is 0 Å². The molecule has 0 fully saturated rings. The lowest BCUT2D eigenvalue weighted by molar-refractivity contribution is -0.143. The number of hydrogen-bond acceptors (Lipinski definition) is 6. The molecule has 0 radical (unpaired) electrons. The number of carbonyl (C=O) groups excluding carboxylic acids is 2. The maximum Gasteiger partial charge on any atom is 0.326 e. The number of ether oxygens (including phenoxy) is 1. The van der Waals surface area contributed by atoms with Gasteiger partial charge in [-0.2, -0.15) is 9.30 Å². The van der Waals surface area contributed by atoms with E-state index in [4.69, 9.17) is 4.74 Å². The normalized spacial score (nSPS) is 12.6. The van der Waals surface area contributed by atoms with Gasteiger partial charge in [-0.15, -0.1) is 0 Å². The molecule has 200 valence electrons. The van der Waals surface area contributed by atoms with E-state index in [-0.39, 0.29) is 23.6 Å². The molecule has 0 bridgehead atoms. The number of benzene rings is 2. The number of amides is 1. The molecule has 0 atom stereocenters. The van der Waals surface area contributed by atoms with Crippen molar-refractivity contribution in [3.05, 3.63) is 58.4 Å². The van der Waals surface area contributed by atoms with Crippen molar-refractivity contribution in [1.82, 2.24) is 8.87 Å². The summed E-state index contributed by atoms with van der Waals surface area (Å²) in [5, 5.41) is 0. The van der Waals surface area contributed by atoms with Crippen LogP contribution in [0.4, 0.5) is 0 Å². The summed E-state index contributed by atoms with van der Waals surface area (Å²) in [5.41, 5.74) is 2.20. The Balaban J connectivity index is 2.00. The molecule has 0 N–H and O–H groups in total. The summed E-state index contributed by atoms with van der Waals surface area (Å²) in [5.74, 6) is -0.606. The van der Waals surface area contributed by atoms with Crippen molar-refractivity contribution in [3.63, 3.8) is 0 Å². The van der Waals surface area contributed by atoms with Gasteiger partial charge in [0.05, 0.1) is 21.7 Å². The molecule has 0 aliphatic heterocycles. The van der Waals surface area contributed by atoms with Crippen molar-refractivity contribution >= 4 is 43.5 Å². The maximum atomic E-state index is 13.1. The molecular weight excluding hydrogens is 510 g/mol. The zero-order chi connectivity index (χ0) is 27.2. The number of esters is 1. The van der Waals surface area contributed by atoms with Gasteiger partial charge in [0.15, 0.2) is 4.80 Å². The summed E-state index contributed by atoms with van der Waals surface area (Å²) in [4.78, 5) is 30.2. The van der Waals surface area contributed by atoms with Crippen LogP contribution < -0.4 is 4.80 Å². The summed E-state index contributed by atoms with van der Waals surface area (Å²) in [6, 6.07) is 11.8. The van der Waals surface area contributed by atoms with Crippen LogP contribution in [0.3, 0.4) is 0 Å². The number of fused-ring (bicyclic) bond motifs is 1. The lowest BCUT2D eigenvalue weighted by atomic mass is 10.0. The van der Waals surface area contributed by atoms with E-state index < -0.39 is 21.9 Å². The van der Waals surface area contributed by atoms with Gasteiger partial charge in [0, 0.05) is 18.7 Å². The van der Waals surface area contributed by atoms with Crippen molar-refractivity contribution in [2.45, 2.75) is 64.8 Å². The number of nitrogens with zero attached hydrogens (tertiary/aromatic N) is 3. The molecule has 10 heteroatoms. The van der Waals surface area contributed by atoms with Crippen LogP contribution >= 0.6 is 11.3 Å². The third-order valence-electron chi connectivity index (χ3n) is 5.85. The van der Waals surface area contributed by atoms with E-state index in [0.29, 0.717) is 36.7 Å². The number of carbonyl (C=O) groups is 2. The highest BCUT2D eigenvalue weighted by Crippen LogP contribution is 2.24. The second kappa shape index (κ2) is 12.6. The zero-order valence-corrected chi connectivity index (χ0v) is 23.7. The molecule has 37 heavy (non-hydrogen) atoms. The van der Waals surface area contributed by atoms with Crippen molar-refractivity contribution in [1.29, 1.82) is 0 Å². The molecule has 1 amide bonds. The standard InChI is InChI=1S/C27H35N3O5S2/c1-6-15-29(16-7-2)37(33,34)22-12-9-20(10-13-22)26(32)28-27-30(18-25(31)35-8-3)23-14-11-21(19(4)5)17-24(23)36-27/h9-14,17,19H,6-8,15-16,18H2,1-5H3. The first kappa shape index (κ1) is 28.7. The molecule has 0 aliphatic carbocycles. The van der Waals surface area contributed by atoms with E-state index in [2.05, 4.69) is 18.8 Å². The molecule has 2 aromatic carbocycles. The zero-order valence-electron chi connectivity index (χ0n) is 22.1. The Morgan fingerprint density at radius 2 is 1.68 bits per heavy atom. The lowest BCUT2D eigenvalue weighted by Gasteiger charge is -2.21. The predicted molar refractivity (Wildman–Crippen MR) is 146 cm³/mol. The van der Waals surface area contributed by atoms with Crippen molar-refractivity contribution in [2.24, 2.45) is 4.99 Å². The van der Waals surface area contributed by atoms with Crippen molar-refractivity contribution < 1.29 is 22.7 Å². The predicted octanol–water partition coefficient (Wildman–Crippen LogP) is 4.94. The van der Waals surface area contributed by atoms with Crippen LogP contribution in [0.2, 0.25) is 0 Å². The van der Waals surface area contributed by atoms with Gasteiger partial charge in [0.1, 0.15) is 6.54 Å². The second-order valence-electron chi connectivity index (χ2n) is 9.00. The molecule has 1 heterocycles. The molecule has 8 nitrogen and oxygen atoms in total. The van der Waals surface area contributed by atoms with Crippen LogP contribution in [0.15, 0.2) is 52.4 Å². The average Bonchev–Trinajstić information content (AvgIpc) is 3.19. The van der Waals surface area contributed by atoms with E-state index in [9.17, 15) is 18.0 Å². The topological polar surface area (TPSA) is 98.0 Å². The van der Waals surface area contributed by atoms with Crippen LogP contribution in [-0.2, 0) is 26.1 Å². The molecule has 1 aromatic heterocycles. The molecule has 0 spiro atoms. The van der Waals surface area contributed by atoms with Gasteiger partial charge in [-0.05, 0) is 67.6 Å². The quantitative estimate of drug-likeness (QED) is 0.318. The summed E-state index contributed by atoms with van der Waals surface area (Å²) >= 11 is 1.33. The van der Waals surface area contributed by atoms with E-state index in [1.165, 1.54) is 39.9 Å². The molecule has 0 aliphatic rings. The highest BCUT2D eigenvalue weighted by molar-refractivity contribution is 7.89. The van der Waals surface area contributed by atoms with Gasteiger partial charge in [-0.1, -0.05) is 45.1 Å². The Labute approximate surface area is 222 Å². The van der Waals surface area contributed by atoms with E-state index in [1.54, 1.807) is 11.5 Å². The lowest BCUT2D eigenvalue weighted by Crippen LogP contribution is -2.32. The first-order valence-electron chi connectivity index (χ1n) is 12.6. The van der Waals surface area contributed by atoms with Crippen LogP contribution in [0, 0.1) is 0 Å². The van der Waals surface area contributed by atoms with Crippen molar-refractivity contribution in [3.8, 4) is 0 Å². The molecule has 0 saturated heterocycles. The van der Waals surface area contributed by atoms with E-state index in [0.717, 1.165) is 15.8 Å². The summed E-state index contributed by atoms with van der Waals surface area (Å²) in [6.07, 6.45) is 1.43. The van der Waals surface area contributed by atoms with Gasteiger partial charge in [0.2, 0.25) is 10.0 Å². The number of sulfonamides is 1. The highest BCUT2D eigenvalue weighted by atomic mass is 32.2. The highest BCUT2D eigenvalue weighted by Gasteiger charge is 2.23. The first-order chi connectivity index (χ1) is 17.6. The van der Waals surface area contributed by atoms with E-state index in [1.807, 2.05) is 32.0 Å². The molecular formula is C27H35N3O5S2. The average molecular weight is 546 g/mol. The Hall–Kier alpha value is -2.82. The van der Waals surface area contributed by atoms with Gasteiger partial charge < -0.3 is 9.30 Å². The Morgan fingerprint density at radius 1 is 1.03 bits per heavy atom. The minimum absolute atomic E-state index is 0.0666. The maximum absolute atomic E-state index is 13.1. The third kappa shape index (κ3) is 6.74. The van der Waals surface area contributed by atoms with Gasteiger partial charge in [-0.25, -0.2) is 8.42 Å². The largest absolute Gasteiger partial charge is 0.465 e. The van der Waals surface area contributed by atoms with Crippen LogP contribution in [0.1, 0.15) is 69.3 Å². The van der Waals surface area contributed by atoms with Gasteiger partial charge in [-0.3, -0.25) is 9.59 Å². The molecule has 0 saturated carbocycles. The molecule has 3 aromatic rings. The summed E-state index contributed by atoms with van der Waals surface area (Å²) in [6.45, 7) is 10.9. The molecule has 0 unspecified atom stereocenters. The minimum Gasteiger partial charge on any atom is -0.465 e. The third-order valence-corrected chi connectivity index (χ3v) is 8.80. The fraction of sp³-hybridized carbons (Fsp3) is 0.444. The minimum atomic E-state index is -3.64. The fourth-order valence-corrected chi connectivity index (χ4v) is 6.64. The van der Waals surface area contributed by atoms with Gasteiger partial charge in [0.25, 0.3) is 5.91 Å². The monoisotopic (exact) mass is 545 g/mol. The smallest absolute Gasteiger partial charge is 0.326 e. The van der Waals surface area contributed by atoms with Crippen molar-refractivity contribution in [2.75, 3.05) is 19.7 Å². The number of aromatic nitrogens is 1. The summed E-state index contributed by atoms with van der Waals surface area (Å²) < 4.78 is 35.3. The number of rotatable bonds is 11. The first-order valence-corrected chi connectivity index (χ1v) is 14.9. The Bertz CT molecular complexity index is 1410. The number of hydrogen-bond donors (Lipinski definition) is 0. The Morgan fingerprint density at radius 3 is 2.24 bits per heavy atom. The Kier molecular flexibility index (Phi) is 9.80. The van der Waals surface area contributed by atoms with Crippen LogP contribution in [0.25, 0.3) is 10.2 Å². The summed E-state index contributed by atoms with van der Waals surface area (Å²) in [7, 11) is -3.64. The van der Waals surface area contributed by atoms with Gasteiger partial charge >= 0.3 is 5.97 Å².